The average Bonchev–Trinajstić information content (AvgIpc) is 2.90. The van der Waals surface area contributed by atoms with Crippen LogP contribution in [0, 0.1) is 6.92 Å². The van der Waals surface area contributed by atoms with E-state index in [1.807, 2.05) is 31.5 Å². The lowest BCUT2D eigenvalue weighted by Crippen LogP contribution is -2.52. The maximum atomic E-state index is 12.5. The molecule has 1 N–H and O–H groups in total. The second kappa shape index (κ2) is 8.10. The molecule has 0 fully saturated rings. The summed E-state index contributed by atoms with van der Waals surface area (Å²) in [5.41, 5.74) is 0.853. The fraction of sp³-hybridized carbons (Fsp3) is 0.688. The lowest BCUT2D eigenvalue weighted by Gasteiger charge is -2.33. The summed E-state index contributed by atoms with van der Waals surface area (Å²) >= 11 is 0. The van der Waals surface area contributed by atoms with Gasteiger partial charge in [0.2, 0.25) is 11.8 Å². The van der Waals surface area contributed by atoms with Crippen LogP contribution in [0.4, 0.5) is 5.82 Å². The van der Waals surface area contributed by atoms with E-state index in [1.54, 1.807) is 4.90 Å². The zero-order valence-electron chi connectivity index (χ0n) is 14.2. The van der Waals surface area contributed by atoms with E-state index in [4.69, 9.17) is 4.74 Å². The third kappa shape index (κ3) is 4.10. The van der Waals surface area contributed by atoms with Gasteiger partial charge in [-0.25, -0.2) is 4.68 Å². The Bertz CT molecular complexity index is 556. The van der Waals surface area contributed by atoms with Gasteiger partial charge in [-0.15, -0.1) is 0 Å². The molecule has 7 heteroatoms. The van der Waals surface area contributed by atoms with Crippen LogP contribution in [0.15, 0.2) is 6.07 Å². The number of aryl methyl sites for hydroxylation is 2. The number of rotatable bonds is 8. The Kier molecular flexibility index (Phi) is 6.15. The first-order chi connectivity index (χ1) is 11.1. The molecule has 0 aromatic carbocycles. The molecule has 1 aromatic heterocycles. The Labute approximate surface area is 137 Å². The van der Waals surface area contributed by atoms with E-state index in [0.717, 1.165) is 17.9 Å². The van der Waals surface area contributed by atoms with Gasteiger partial charge in [0.25, 0.3) is 0 Å². The molecule has 0 bridgehead atoms. The molecule has 23 heavy (non-hydrogen) atoms. The number of carbonyl (C=O) groups excluding carboxylic acids is 2. The fourth-order valence-corrected chi connectivity index (χ4v) is 2.81. The molecule has 1 aliphatic rings. The number of fused-ring (bicyclic) bond motifs is 1. The van der Waals surface area contributed by atoms with E-state index in [0.29, 0.717) is 39.1 Å². The van der Waals surface area contributed by atoms with Gasteiger partial charge in [-0.2, -0.15) is 5.10 Å². The van der Waals surface area contributed by atoms with E-state index < -0.39 is 6.04 Å². The number of ether oxygens (including phenoxy) is 1. The summed E-state index contributed by atoms with van der Waals surface area (Å²) in [6, 6.07) is 1.37. The van der Waals surface area contributed by atoms with Gasteiger partial charge >= 0.3 is 0 Å². The lowest BCUT2D eigenvalue weighted by atomic mass is 10.1. The molecular formula is C16H26N4O3. The van der Waals surface area contributed by atoms with E-state index in [1.165, 1.54) is 0 Å². The standard InChI is InChI=1S/C16H26N4O3/c1-4-13(16(22)17-8-6-10-23-5-2)20-14-11-12(3)18-19(14)9-7-15(20)21/h11,13H,4-10H2,1-3H3,(H,17,22). The Hall–Kier alpha value is -1.89. The van der Waals surface area contributed by atoms with E-state index in [9.17, 15) is 9.59 Å². The third-order valence-electron chi connectivity index (χ3n) is 3.90. The molecule has 1 atom stereocenters. The predicted octanol–water partition coefficient (Wildman–Crippen LogP) is 1.25. The highest BCUT2D eigenvalue weighted by Crippen LogP contribution is 2.25. The summed E-state index contributed by atoms with van der Waals surface area (Å²) in [5, 5.41) is 7.29. The summed E-state index contributed by atoms with van der Waals surface area (Å²) in [6.45, 7) is 8.18. The SMILES string of the molecule is CCOCCCNC(=O)C(CC)N1C(=O)CCn2nc(C)cc21. The Morgan fingerprint density at radius 2 is 2.26 bits per heavy atom. The molecule has 0 radical (unpaired) electrons. The van der Waals surface area contributed by atoms with Gasteiger partial charge in [-0.05, 0) is 26.7 Å². The number of aromatic nitrogens is 2. The maximum absolute atomic E-state index is 12.5. The molecular weight excluding hydrogens is 296 g/mol. The molecule has 1 aromatic rings. The van der Waals surface area contributed by atoms with E-state index in [2.05, 4.69) is 10.4 Å². The van der Waals surface area contributed by atoms with Crippen molar-refractivity contribution in [3.63, 3.8) is 0 Å². The second-order valence-corrected chi connectivity index (χ2v) is 5.65. The maximum Gasteiger partial charge on any atom is 0.243 e. The molecule has 2 rings (SSSR count). The first-order valence-corrected chi connectivity index (χ1v) is 8.30. The zero-order chi connectivity index (χ0) is 16.8. The number of anilines is 1. The summed E-state index contributed by atoms with van der Waals surface area (Å²) in [4.78, 5) is 26.5. The number of carbonyl (C=O) groups is 2. The molecule has 128 valence electrons. The minimum atomic E-state index is -0.496. The molecule has 0 spiro atoms. The number of nitrogens with zero attached hydrogens (tertiary/aromatic N) is 3. The largest absolute Gasteiger partial charge is 0.382 e. The summed E-state index contributed by atoms with van der Waals surface area (Å²) < 4.78 is 7.06. The summed E-state index contributed by atoms with van der Waals surface area (Å²) in [7, 11) is 0. The Morgan fingerprint density at radius 3 is 2.96 bits per heavy atom. The number of hydrogen-bond donors (Lipinski definition) is 1. The average molecular weight is 322 g/mol. The van der Waals surface area contributed by atoms with Crippen LogP contribution in [0.25, 0.3) is 0 Å². The van der Waals surface area contributed by atoms with Crippen molar-refractivity contribution in [2.24, 2.45) is 0 Å². The minimum Gasteiger partial charge on any atom is -0.382 e. The number of hydrogen-bond acceptors (Lipinski definition) is 4. The lowest BCUT2D eigenvalue weighted by molar-refractivity contribution is -0.127. The monoisotopic (exact) mass is 322 g/mol. The van der Waals surface area contributed by atoms with Gasteiger partial charge in [0.1, 0.15) is 11.9 Å². The van der Waals surface area contributed by atoms with Crippen molar-refractivity contribution >= 4 is 17.6 Å². The van der Waals surface area contributed by atoms with Gasteiger partial charge in [0.15, 0.2) is 0 Å². The highest BCUT2D eigenvalue weighted by molar-refractivity contribution is 6.00. The topological polar surface area (TPSA) is 76.5 Å². The van der Waals surface area contributed by atoms with Crippen LogP contribution in [0.2, 0.25) is 0 Å². The molecule has 1 unspecified atom stereocenters. The van der Waals surface area contributed by atoms with Crippen molar-refractivity contribution in [1.82, 2.24) is 15.1 Å². The number of amides is 2. The highest BCUT2D eigenvalue weighted by Gasteiger charge is 2.34. The van der Waals surface area contributed by atoms with Crippen molar-refractivity contribution in [3.05, 3.63) is 11.8 Å². The molecule has 0 aliphatic carbocycles. The first kappa shape index (κ1) is 17.5. The van der Waals surface area contributed by atoms with E-state index >= 15 is 0 Å². The number of nitrogens with one attached hydrogen (secondary N) is 1. The molecule has 2 heterocycles. The van der Waals surface area contributed by atoms with Crippen LogP contribution >= 0.6 is 0 Å². The predicted molar refractivity (Wildman–Crippen MR) is 87.3 cm³/mol. The van der Waals surface area contributed by atoms with Crippen LogP contribution in [-0.4, -0.2) is 47.4 Å². The Morgan fingerprint density at radius 1 is 1.48 bits per heavy atom. The minimum absolute atomic E-state index is 0.0197. The van der Waals surface area contributed by atoms with Crippen molar-refractivity contribution in [2.75, 3.05) is 24.7 Å². The molecule has 2 amide bonds. The van der Waals surface area contributed by atoms with Crippen LogP contribution < -0.4 is 10.2 Å². The molecule has 1 aliphatic heterocycles. The van der Waals surface area contributed by atoms with Gasteiger partial charge in [0.05, 0.1) is 12.2 Å². The van der Waals surface area contributed by atoms with Crippen LogP contribution in [0.1, 0.15) is 38.8 Å². The first-order valence-electron chi connectivity index (χ1n) is 8.30. The smallest absolute Gasteiger partial charge is 0.243 e. The summed E-state index contributed by atoms with van der Waals surface area (Å²) in [6.07, 6.45) is 1.70. The van der Waals surface area contributed by atoms with Crippen molar-refractivity contribution in [1.29, 1.82) is 0 Å². The fourth-order valence-electron chi connectivity index (χ4n) is 2.81. The quantitative estimate of drug-likeness (QED) is 0.731. The van der Waals surface area contributed by atoms with Crippen molar-refractivity contribution in [2.45, 2.75) is 52.6 Å². The van der Waals surface area contributed by atoms with Gasteiger partial charge < -0.3 is 10.1 Å². The van der Waals surface area contributed by atoms with Crippen molar-refractivity contribution < 1.29 is 14.3 Å². The molecule has 0 saturated heterocycles. The van der Waals surface area contributed by atoms with Crippen molar-refractivity contribution in [3.8, 4) is 0 Å². The molecule has 0 saturated carbocycles. The molecule has 7 nitrogen and oxygen atoms in total. The third-order valence-corrected chi connectivity index (χ3v) is 3.90. The van der Waals surface area contributed by atoms with Crippen LogP contribution in [0.3, 0.4) is 0 Å². The van der Waals surface area contributed by atoms with Gasteiger partial charge in [0, 0.05) is 32.2 Å². The highest BCUT2D eigenvalue weighted by atomic mass is 16.5. The van der Waals surface area contributed by atoms with Crippen LogP contribution in [0.5, 0.6) is 0 Å². The second-order valence-electron chi connectivity index (χ2n) is 5.65. The van der Waals surface area contributed by atoms with Gasteiger partial charge in [-0.3, -0.25) is 14.5 Å². The zero-order valence-corrected chi connectivity index (χ0v) is 14.2. The van der Waals surface area contributed by atoms with E-state index in [-0.39, 0.29) is 11.8 Å². The summed E-state index contributed by atoms with van der Waals surface area (Å²) in [5.74, 6) is 0.577. The Balaban J connectivity index is 2.04. The van der Waals surface area contributed by atoms with Gasteiger partial charge in [-0.1, -0.05) is 6.92 Å². The van der Waals surface area contributed by atoms with Crippen LogP contribution in [-0.2, 0) is 20.9 Å². The normalized spacial score (nSPS) is 15.4.